The highest BCUT2D eigenvalue weighted by atomic mass is 35.5. The molecule has 0 bridgehead atoms. The lowest BCUT2D eigenvalue weighted by molar-refractivity contribution is -0.133. The van der Waals surface area contributed by atoms with E-state index in [1.807, 2.05) is 32.0 Å². The predicted octanol–water partition coefficient (Wildman–Crippen LogP) is 4.44. The second kappa shape index (κ2) is 7.49. The number of benzene rings is 2. The number of amides is 2. The van der Waals surface area contributed by atoms with Gasteiger partial charge in [0.15, 0.2) is 0 Å². The van der Waals surface area contributed by atoms with E-state index in [0.29, 0.717) is 16.4 Å². The quantitative estimate of drug-likeness (QED) is 0.803. The van der Waals surface area contributed by atoms with Gasteiger partial charge in [-0.05, 0) is 36.6 Å². The van der Waals surface area contributed by atoms with E-state index in [1.165, 1.54) is 0 Å². The van der Waals surface area contributed by atoms with Crippen molar-refractivity contribution in [2.45, 2.75) is 20.3 Å². The maximum Gasteiger partial charge on any atom is 0.314 e. The summed E-state index contributed by atoms with van der Waals surface area (Å²) >= 11 is 11.9. The third-order valence-electron chi connectivity index (χ3n) is 3.38. The third-order valence-corrected chi connectivity index (χ3v) is 4.20. The van der Waals surface area contributed by atoms with Crippen LogP contribution in [-0.2, 0) is 16.0 Å². The van der Waals surface area contributed by atoms with Crippen molar-refractivity contribution in [1.29, 1.82) is 0 Å². The highest BCUT2D eigenvalue weighted by molar-refractivity contribution is 6.47. The minimum Gasteiger partial charge on any atom is -0.317 e. The molecular weight excluding hydrogens is 335 g/mol. The molecule has 23 heavy (non-hydrogen) atoms. The third kappa shape index (κ3) is 4.03. The van der Waals surface area contributed by atoms with E-state index in [1.54, 1.807) is 18.2 Å². The molecule has 0 heterocycles. The summed E-state index contributed by atoms with van der Waals surface area (Å²) in [6.07, 6.45) is 0.749. The van der Waals surface area contributed by atoms with Crippen molar-refractivity contribution in [2.24, 2.45) is 0 Å². The molecule has 2 aromatic carbocycles. The van der Waals surface area contributed by atoms with Crippen LogP contribution in [-0.4, -0.2) is 11.8 Å². The molecule has 0 radical (unpaired) electrons. The molecule has 0 aromatic heterocycles. The summed E-state index contributed by atoms with van der Waals surface area (Å²) in [5.74, 6) is -1.57. The summed E-state index contributed by atoms with van der Waals surface area (Å²) in [4.78, 5) is 24.2. The van der Waals surface area contributed by atoms with Crippen LogP contribution in [0.5, 0.6) is 0 Å². The lowest BCUT2D eigenvalue weighted by Gasteiger charge is -2.13. The zero-order chi connectivity index (χ0) is 17.0. The number of aryl methyl sites for hydroxylation is 2. The van der Waals surface area contributed by atoms with Crippen LogP contribution in [0, 0.1) is 6.92 Å². The Labute approximate surface area is 144 Å². The van der Waals surface area contributed by atoms with Gasteiger partial charge >= 0.3 is 11.8 Å². The number of hydrogen-bond donors (Lipinski definition) is 2. The Hall–Kier alpha value is -2.04. The van der Waals surface area contributed by atoms with E-state index >= 15 is 0 Å². The number of carbonyl (C=O) groups excluding carboxylic acids is 2. The van der Waals surface area contributed by atoms with E-state index in [4.69, 9.17) is 23.2 Å². The van der Waals surface area contributed by atoms with Gasteiger partial charge in [0.25, 0.3) is 0 Å². The Kier molecular flexibility index (Phi) is 5.64. The average molecular weight is 351 g/mol. The van der Waals surface area contributed by atoms with E-state index in [0.717, 1.165) is 17.5 Å². The van der Waals surface area contributed by atoms with Crippen LogP contribution in [0.3, 0.4) is 0 Å². The van der Waals surface area contributed by atoms with E-state index < -0.39 is 11.8 Å². The molecule has 0 unspecified atom stereocenters. The van der Waals surface area contributed by atoms with Gasteiger partial charge in [0.1, 0.15) is 0 Å². The van der Waals surface area contributed by atoms with Crippen molar-refractivity contribution in [3.05, 3.63) is 57.6 Å². The molecule has 4 nitrogen and oxygen atoms in total. The largest absolute Gasteiger partial charge is 0.317 e. The lowest BCUT2D eigenvalue weighted by atomic mass is 10.1. The molecule has 0 aliphatic carbocycles. The summed E-state index contributed by atoms with van der Waals surface area (Å²) in [5.41, 5.74) is 2.81. The summed E-state index contributed by atoms with van der Waals surface area (Å²) in [6, 6.07) is 10.5. The van der Waals surface area contributed by atoms with Crippen molar-refractivity contribution < 1.29 is 9.59 Å². The highest BCUT2D eigenvalue weighted by Crippen LogP contribution is 2.29. The molecule has 120 valence electrons. The number of para-hydroxylation sites is 1. The molecule has 2 rings (SSSR count). The van der Waals surface area contributed by atoms with Crippen LogP contribution in [0.2, 0.25) is 10.0 Å². The Morgan fingerprint density at radius 1 is 1.00 bits per heavy atom. The van der Waals surface area contributed by atoms with Crippen LogP contribution in [0.4, 0.5) is 11.4 Å². The number of hydrogen-bond acceptors (Lipinski definition) is 2. The number of rotatable bonds is 3. The molecule has 0 aliphatic heterocycles. The molecule has 0 saturated carbocycles. The monoisotopic (exact) mass is 350 g/mol. The van der Waals surface area contributed by atoms with Crippen LogP contribution < -0.4 is 10.6 Å². The number of halogens is 2. The summed E-state index contributed by atoms with van der Waals surface area (Å²) in [7, 11) is 0. The molecule has 0 spiro atoms. The molecule has 2 aromatic rings. The van der Waals surface area contributed by atoms with E-state index in [-0.39, 0.29) is 5.02 Å². The molecule has 0 fully saturated rings. The van der Waals surface area contributed by atoms with Crippen LogP contribution in [0.15, 0.2) is 36.4 Å². The van der Waals surface area contributed by atoms with Gasteiger partial charge in [0.05, 0.1) is 15.7 Å². The standard InChI is InChI=1S/C17H16Cl2N2O2/c1-3-11-7-4-6-10(2)15(11)21-17(23)16(22)20-13-9-5-8-12(18)14(13)19/h4-9H,3H2,1-2H3,(H,20,22)(H,21,23). The molecule has 0 saturated heterocycles. The fourth-order valence-electron chi connectivity index (χ4n) is 2.15. The highest BCUT2D eigenvalue weighted by Gasteiger charge is 2.18. The fourth-order valence-corrected chi connectivity index (χ4v) is 2.50. The van der Waals surface area contributed by atoms with E-state index in [2.05, 4.69) is 10.6 Å². The van der Waals surface area contributed by atoms with Gasteiger partial charge in [-0.15, -0.1) is 0 Å². The SMILES string of the molecule is CCc1cccc(C)c1NC(=O)C(=O)Nc1cccc(Cl)c1Cl. The Morgan fingerprint density at radius 3 is 2.35 bits per heavy atom. The van der Waals surface area contributed by atoms with Gasteiger partial charge in [-0.25, -0.2) is 0 Å². The Morgan fingerprint density at radius 2 is 1.65 bits per heavy atom. The van der Waals surface area contributed by atoms with Crippen molar-refractivity contribution in [1.82, 2.24) is 0 Å². The van der Waals surface area contributed by atoms with Crippen LogP contribution in [0.1, 0.15) is 18.1 Å². The molecule has 0 aliphatic rings. The fraction of sp³-hybridized carbons (Fsp3) is 0.176. The van der Waals surface area contributed by atoms with Crippen molar-refractivity contribution >= 4 is 46.4 Å². The first-order chi connectivity index (χ1) is 10.9. The molecule has 6 heteroatoms. The molecule has 2 N–H and O–H groups in total. The zero-order valence-electron chi connectivity index (χ0n) is 12.7. The summed E-state index contributed by atoms with van der Waals surface area (Å²) in [5, 5.41) is 5.62. The molecule has 2 amide bonds. The van der Waals surface area contributed by atoms with Gasteiger partial charge in [0.2, 0.25) is 0 Å². The maximum absolute atomic E-state index is 12.1. The van der Waals surface area contributed by atoms with Crippen LogP contribution >= 0.6 is 23.2 Å². The molecular formula is C17H16Cl2N2O2. The summed E-state index contributed by atoms with van der Waals surface area (Å²) in [6.45, 7) is 3.86. The van der Waals surface area contributed by atoms with Gasteiger partial charge in [0, 0.05) is 5.69 Å². The maximum atomic E-state index is 12.1. The number of anilines is 2. The second-order valence-electron chi connectivity index (χ2n) is 4.97. The summed E-state index contributed by atoms with van der Waals surface area (Å²) < 4.78 is 0. The predicted molar refractivity (Wildman–Crippen MR) is 94.3 cm³/mol. The normalized spacial score (nSPS) is 10.3. The van der Waals surface area contributed by atoms with Gasteiger partial charge in [-0.2, -0.15) is 0 Å². The first-order valence-corrected chi connectivity index (χ1v) is 7.84. The first kappa shape index (κ1) is 17.3. The van der Waals surface area contributed by atoms with Crippen LogP contribution in [0.25, 0.3) is 0 Å². The minimum atomic E-state index is -0.806. The topological polar surface area (TPSA) is 58.2 Å². The van der Waals surface area contributed by atoms with Gasteiger partial charge in [-0.3, -0.25) is 9.59 Å². The number of nitrogens with one attached hydrogen (secondary N) is 2. The Bertz CT molecular complexity index is 760. The average Bonchev–Trinajstić information content (AvgIpc) is 2.53. The lowest BCUT2D eigenvalue weighted by Crippen LogP contribution is -2.29. The first-order valence-electron chi connectivity index (χ1n) is 7.08. The smallest absolute Gasteiger partial charge is 0.314 e. The van der Waals surface area contributed by atoms with Crippen molar-refractivity contribution in [3.8, 4) is 0 Å². The second-order valence-corrected chi connectivity index (χ2v) is 5.76. The minimum absolute atomic E-state index is 0.195. The van der Waals surface area contributed by atoms with Crippen molar-refractivity contribution in [2.75, 3.05) is 10.6 Å². The molecule has 0 atom stereocenters. The van der Waals surface area contributed by atoms with Gasteiger partial charge < -0.3 is 10.6 Å². The zero-order valence-corrected chi connectivity index (χ0v) is 14.3. The van der Waals surface area contributed by atoms with Crippen molar-refractivity contribution in [3.63, 3.8) is 0 Å². The number of carbonyl (C=O) groups is 2. The Balaban J connectivity index is 2.15. The van der Waals surface area contributed by atoms with Gasteiger partial charge in [-0.1, -0.05) is 54.4 Å². The van der Waals surface area contributed by atoms with E-state index in [9.17, 15) is 9.59 Å².